The molecule has 0 radical (unpaired) electrons. The fraction of sp³-hybridized carbons (Fsp3) is 0.769. The fourth-order valence-corrected chi connectivity index (χ4v) is 5.41. The van der Waals surface area contributed by atoms with Gasteiger partial charge in [-0.15, -0.1) is 0 Å². The zero-order valence-electron chi connectivity index (χ0n) is 11.7. The van der Waals surface area contributed by atoms with Gasteiger partial charge >= 0.3 is 0 Å². The second-order valence-corrected chi connectivity index (χ2v) is 7.83. The fourth-order valence-electron chi connectivity index (χ4n) is 3.97. The normalized spacial score (nSPS) is 30.8. The van der Waals surface area contributed by atoms with Gasteiger partial charge in [-0.2, -0.15) is 5.10 Å². The number of aromatic nitrogens is 2. The average Bonchev–Trinajstić information content (AvgIpc) is 3.13. The molecule has 4 atom stereocenters. The van der Waals surface area contributed by atoms with Crippen LogP contribution >= 0.6 is 0 Å². The second-order valence-electron chi connectivity index (χ2n) is 6.18. The summed E-state index contributed by atoms with van der Waals surface area (Å²) in [5, 5.41) is 6.43. The molecule has 20 heavy (non-hydrogen) atoms. The van der Waals surface area contributed by atoms with Crippen molar-refractivity contribution in [3.63, 3.8) is 0 Å². The summed E-state index contributed by atoms with van der Waals surface area (Å²) in [7, 11) is -3.56. The zero-order valence-corrected chi connectivity index (χ0v) is 12.5. The Labute approximate surface area is 119 Å². The molecule has 4 unspecified atom stereocenters. The van der Waals surface area contributed by atoms with Crippen molar-refractivity contribution in [2.45, 2.75) is 50.2 Å². The minimum absolute atomic E-state index is 0.0378. The second kappa shape index (κ2) is 5.13. The lowest BCUT2D eigenvalue weighted by atomic mass is 9.84. The number of nitrogens with two attached hydrogens (primary N) is 1. The molecule has 2 bridgehead atoms. The van der Waals surface area contributed by atoms with Gasteiger partial charge in [-0.3, -0.25) is 5.10 Å². The summed E-state index contributed by atoms with van der Waals surface area (Å²) >= 11 is 0. The molecule has 7 heteroatoms. The number of hydrogen-bond donors (Lipinski definition) is 3. The number of nitrogens with zero attached hydrogens (tertiary/aromatic N) is 1. The van der Waals surface area contributed by atoms with Crippen molar-refractivity contribution in [3.05, 3.63) is 11.8 Å². The maximum atomic E-state index is 12.4. The van der Waals surface area contributed by atoms with Crippen molar-refractivity contribution in [1.29, 1.82) is 0 Å². The van der Waals surface area contributed by atoms with E-state index in [9.17, 15) is 8.42 Å². The first-order chi connectivity index (χ1) is 9.51. The van der Waals surface area contributed by atoms with Gasteiger partial charge in [-0.1, -0.05) is 6.42 Å². The quantitative estimate of drug-likeness (QED) is 0.754. The van der Waals surface area contributed by atoms with Crippen LogP contribution in [0.25, 0.3) is 0 Å². The first kappa shape index (κ1) is 14.0. The average molecular weight is 298 g/mol. The first-order valence-electron chi connectivity index (χ1n) is 7.26. The molecule has 2 saturated carbocycles. The van der Waals surface area contributed by atoms with Gasteiger partial charge < -0.3 is 5.73 Å². The molecule has 1 aromatic rings. The summed E-state index contributed by atoms with van der Waals surface area (Å²) in [5.41, 5.74) is 6.07. The molecule has 112 valence electrons. The summed E-state index contributed by atoms with van der Waals surface area (Å²) in [5.74, 6) is 1.96. The topological polar surface area (TPSA) is 101 Å². The Morgan fingerprint density at radius 1 is 1.50 bits per heavy atom. The molecular formula is C13H22N4O2S. The number of aromatic amines is 1. The molecule has 1 heterocycles. The summed E-state index contributed by atoms with van der Waals surface area (Å²) in [6, 6.07) is -0.0378. The molecule has 4 N–H and O–H groups in total. The van der Waals surface area contributed by atoms with Gasteiger partial charge in [0.2, 0.25) is 0 Å². The van der Waals surface area contributed by atoms with Crippen LogP contribution in [0.4, 0.5) is 0 Å². The molecule has 0 spiro atoms. The van der Waals surface area contributed by atoms with Gasteiger partial charge in [-0.25, -0.2) is 13.1 Å². The molecule has 2 aliphatic rings. The van der Waals surface area contributed by atoms with E-state index in [4.69, 9.17) is 5.73 Å². The zero-order chi connectivity index (χ0) is 14.3. The minimum Gasteiger partial charge on any atom is -0.326 e. The molecule has 2 fully saturated rings. The Bertz CT molecular complexity index is 583. The number of rotatable bonds is 5. The predicted octanol–water partition coefficient (Wildman–Crippen LogP) is 0.971. The maximum absolute atomic E-state index is 12.4. The molecular weight excluding hydrogens is 276 g/mol. The number of sulfonamides is 1. The van der Waals surface area contributed by atoms with E-state index in [0.29, 0.717) is 17.4 Å². The Morgan fingerprint density at radius 3 is 2.90 bits per heavy atom. The Kier molecular flexibility index (Phi) is 3.60. The lowest BCUT2D eigenvalue weighted by Gasteiger charge is -2.28. The first-order valence-corrected chi connectivity index (χ1v) is 8.74. The Balaban J connectivity index is 1.73. The molecule has 0 amide bonds. The van der Waals surface area contributed by atoms with Crippen molar-refractivity contribution >= 4 is 10.0 Å². The highest BCUT2D eigenvalue weighted by atomic mass is 32.2. The highest BCUT2D eigenvalue weighted by molar-refractivity contribution is 7.89. The van der Waals surface area contributed by atoms with E-state index in [1.807, 2.05) is 6.92 Å². The van der Waals surface area contributed by atoms with Gasteiger partial charge in [-0.05, 0) is 43.9 Å². The SMILES string of the molecule is CC(NS(=O)(=O)c1[nH]ncc1CN)C1CC2CCC1C2. The van der Waals surface area contributed by atoms with E-state index in [2.05, 4.69) is 14.9 Å². The molecule has 0 saturated heterocycles. The largest absolute Gasteiger partial charge is 0.326 e. The summed E-state index contributed by atoms with van der Waals surface area (Å²) in [6.45, 7) is 2.14. The number of H-pyrrole nitrogens is 1. The van der Waals surface area contributed by atoms with Crippen LogP contribution in [0, 0.1) is 17.8 Å². The Morgan fingerprint density at radius 2 is 2.30 bits per heavy atom. The molecule has 1 aromatic heterocycles. The highest BCUT2D eigenvalue weighted by Crippen LogP contribution is 2.49. The molecule has 0 aliphatic heterocycles. The Hall–Kier alpha value is -0.920. The van der Waals surface area contributed by atoms with E-state index in [0.717, 1.165) is 12.3 Å². The van der Waals surface area contributed by atoms with Crippen molar-refractivity contribution in [1.82, 2.24) is 14.9 Å². The standard InChI is InChI=1S/C13H22N4O2S/c1-8(12-5-9-2-3-10(12)4-9)17-20(18,19)13-11(6-14)7-15-16-13/h7-10,12,17H,2-6,14H2,1H3,(H,15,16). The number of hydrogen-bond acceptors (Lipinski definition) is 4. The molecule has 2 aliphatic carbocycles. The van der Waals surface area contributed by atoms with Crippen LogP contribution in [-0.2, 0) is 16.6 Å². The van der Waals surface area contributed by atoms with E-state index in [1.54, 1.807) is 0 Å². The van der Waals surface area contributed by atoms with Gasteiger partial charge in [0.15, 0.2) is 5.03 Å². The maximum Gasteiger partial charge on any atom is 0.258 e. The van der Waals surface area contributed by atoms with Crippen LogP contribution in [0.3, 0.4) is 0 Å². The van der Waals surface area contributed by atoms with Crippen LogP contribution in [0.2, 0.25) is 0 Å². The number of nitrogens with one attached hydrogen (secondary N) is 2. The lowest BCUT2D eigenvalue weighted by molar-refractivity contribution is 0.280. The molecule has 6 nitrogen and oxygen atoms in total. The third kappa shape index (κ3) is 2.38. The smallest absolute Gasteiger partial charge is 0.258 e. The van der Waals surface area contributed by atoms with Crippen LogP contribution in [0.1, 0.15) is 38.2 Å². The third-order valence-corrected chi connectivity index (χ3v) is 6.52. The van der Waals surface area contributed by atoms with E-state index in [1.165, 1.54) is 25.5 Å². The highest BCUT2D eigenvalue weighted by Gasteiger charge is 2.42. The van der Waals surface area contributed by atoms with Gasteiger partial charge in [0, 0.05) is 18.2 Å². The van der Waals surface area contributed by atoms with Crippen molar-refractivity contribution in [2.24, 2.45) is 23.5 Å². The monoisotopic (exact) mass is 298 g/mol. The van der Waals surface area contributed by atoms with E-state index in [-0.39, 0.29) is 17.6 Å². The summed E-state index contributed by atoms with van der Waals surface area (Å²) in [4.78, 5) is 0. The third-order valence-electron chi connectivity index (χ3n) is 4.94. The van der Waals surface area contributed by atoms with Gasteiger partial charge in [0.25, 0.3) is 10.0 Å². The predicted molar refractivity (Wildman–Crippen MR) is 75.2 cm³/mol. The van der Waals surface area contributed by atoms with Crippen molar-refractivity contribution < 1.29 is 8.42 Å². The van der Waals surface area contributed by atoms with Crippen LogP contribution in [0.5, 0.6) is 0 Å². The lowest BCUT2D eigenvalue weighted by Crippen LogP contribution is -2.40. The van der Waals surface area contributed by atoms with Gasteiger partial charge in [0.1, 0.15) is 0 Å². The van der Waals surface area contributed by atoms with E-state index >= 15 is 0 Å². The summed E-state index contributed by atoms with van der Waals surface area (Å²) < 4.78 is 27.6. The summed E-state index contributed by atoms with van der Waals surface area (Å²) in [6.07, 6.45) is 6.46. The minimum atomic E-state index is -3.56. The van der Waals surface area contributed by atoms with Gasteiger partial charge in [0.05, 0.1) is 6.20 Å². The van der Waals surface area contributed by atoms with Crippen molar-refractivity contribution in [3.8, 4) is 0 Å². The number of fused-ring (bicyclic) bond motifs is 2. The van der Waals surface area contributed by atoms with Crippen LogP contribution < -0.4 is 10.5 Å². The molecule has 0 aromatic carbocycles. The molecule has 3 rings (SSSR count). The van der Waals surface area contributed by atoms with Crippen molar-refractivity contribution in [2.75, 3.05) is 0 Å². The van der Waals surface area contributed by atoms with Crippen LogP contribution in [-0.4, -0.2) is 24.7 Å². The van der Waals surface area contributed by atoms with E-state index < -0.39 is 10.0 Å². The van der Waals surface area contributed by atoms with Crippen LogP contribution in [0.15, 0.2) is 11.2 Å².